The Morgan fingerprint density at radius 1 is 1.00 bits per heavy atom. The Labute approximate surface area is 173 Å². The van der Waals surface area contributed by atoms with Crippen molar-refractivity contribution in [3.05, 3.63) is 59.2 Å². The molecule has 0 unspecified atom stereocenters. The van der Waals surface area contributed by atoms with Crippen LogP contribution < -0.4 is 15.5 Å². The Balaban J connectivity index is 1.88. The molecule has 1 aliphatic rings. The van der Waals surface area contributed by atoms with Gasteiger partial charge in [0.1, 0.15) is 0 Å². The molecular formula is C24H31N3O2. The Morgan fingerprint density at radius 2 is 1.72 bits per heavy atom. The van der Waals surface area contributed by atoms with Gasteiger partial charge >= 0.3 is 0 Å². The monoisotopic (exact) mass is 393 g/mol. The molecule has 2 amide bonds. The minimum Gasteiger partial charge on any atom is -0.371 e. The molecule has 2 aromatic rings. The van der Waals surface area contributed by atoms with Crippen LogP contribution in [0, 0.1) is 6.92 Å². The summed E-state index contributed by atoms with van der Waals surface area (Å²) in [5, 5.41) is 6.02. The predicted octanol–water partition coefficient (Wildman–Crippen LogP) is 4.77. The molecule has 154 valence electrons. The van der Waals surface area contributed by atoms with Crippen molar-refractivity contribution in [3.8, 4) is 0 Å². The molecule has 0 saturated carbocycles. The maximum Gasteiger partial charge on any atom is 0.255 e. The highest BCUT2D eigenvalue weighted by Gasteiger charge is 2.21. The van der Waals surface area contributed by atoms with Crippen molar-refractivity contribution in [2.45, 2.75) is 52.5 Å². The van der Waals surface area contributed by atoms with Crippen molar-refractivity contribution < 1.29 is 9.59 Å². The summed E-state index contributed by atoms with van der Waals surface area (Å²) in [5.74, 6) is -0.256. The molecule has 0 spiro atoms. The van der Waals surface area contributed by atoms with E-state index in [2.05, 4.69) is 22.5 Å². The zero-order valence-corrected chi connectivity index (χ0v) is 17.6. The van der Waals surface area contributed by atoms with E-state index < -0.39 is 0 Å². The summed E-state index contributed by atoms with van der Waals surface area (Å²) in [4.78, 5) is 28.0. The van der Waals surface area contributed by atoms with Crippen molar-refractivity contribution in [3.63, 3.8) is 0 Å². The van der Waals surface area contributed by atoms with Crippen LogP contribution in [0.1, 0.15) is 65.8 Å². The van der Waals surface area contributed by atoms with Crippen LogP contribution >= 0.6 is 0 Å². The fourth-order valence-electron chi connectivity index (χ4n) is 3.64. The van der Waals surface area contributed by atoms with Gasteiger partial charge in [0.15, 0.2) is 0 Å². The lowest BCUT2D eigenvalue weighted by Gasteiger charge is -2.31. The van der Waals surface area contributed by atoms with Crippen LogP contribution in [-0.4, -0.2) is 30.9 Å². The van der Waals surface area contributed by atoms with Crippen molar-refractivity contribution in [1.82, 2.24) is 5.32 Å². The quantitative estimate of drug-likeness (QED) is 0.743. The molecule has 29 heavy (non-hydrogen) atoms. The molecule has 5 nitrogen and oxygen atoms in total. The molecule has 1 fully saturated rings. The molecule has 1 saturated heterocycles. The number of piperidine rings is 1. The van der Waals surface area contributed by atoms with E-state index in [0.717, 1.165) is 43.6 Å². The largest absolute Gasteiger partial charge is 0.371 e. The topological polar surface area (TPSA) is 61.4 Å². The minimum atomic E-state index is -0.165. The average molecular weight is 394 g/mol. The number of benzene rings is 2. The second-order valence-electron chi connectivity index (χ2n) is 7.83. The number of carbonyl (C=O) groups is 2. The third kappa shape index (κ3) is 5.17. The predicted molar refractivity (Wildman–Crippen MR) is 119 cm³/mol. The van der Waals surface area contributed by atoms with Gasteiger partial charge in [-0.2, -0.15) is 0 Å². The molecule has 0 bridgehead atoms. The summed E-state index contributed by atoms with van der Waals surface area (Å²) in [6, 6.07) is 13.2. The highest BCUT2D eigenvalue weighted by atomic mass is 16.2. The van der Waals surface area contributed by atoms with E-state index in [1.165, 1.54) is 6.42 Å². The first-order valence-electron chi connectivity index (χ1n) is 10.6. The average Bonchev–Trinajstić information content (AvgIpc) is 2.74. The Kier molecular flexibility index (Phi) is 6.91. The number of hydrogen-bond donors (Lipinski definition) is 2. The summed E-state index contributed by atoms with van der Waals surface area (Å²) in [6.45, 7) is 7.88. The van der Waals surface area contributed by atoms with E-state index in [9.17, 15) is 9.59 Å². The second-order valence-corrected chi connectivity index (χ2v) is 7.83. The first kappa shape index (κ1) is 20.9. The zero-order chi connectivity index (χ0) is 20.8. The van der Waals surface area contributed by atoms with E-state index in [0.29, 0.717) is 16.8 Å². The van der Waals surface area contributed by atoms with E-state index in [-0.39, 0.29) is 17.9 Å². The summed E-state index contributed by atoms with van der Waals surface area (Å²) in [7, 11) is 0. The van der Waals surface area contributed by atoms with Crippen LogP contribution in [0.25, 0.3) is 0 Å². The molecule has 1 heterocycles. The molecule has 1 atom stereocenters. The fourth-order valence-corrected chi connectivity index (χ4v) is 3.64. The van der Waals surface area contributed by atoms with Crippen LogP contribution in [0.4, 0.5) is 11.4 Å². The van der Waals surface area contributed by atoms with Gasteiger partial charge in [0.2, 0.25) is 0 Å². The standard InChI is InChI=1S/C24H31N3O2/c1-4-18(3)25-24(29)21-16-19(12-13-22(21)27-14-8-5-9-15-27)26-23(28)20-11-7-6-10-17(20)2/h6-7,10-13,16,18H,4-5,8-9,14-15H2,1-3H3,(H,25,29)(H,26,28)/t18-/m0/s1. The number of hydrogen-bond acceptors (Lipinski definition) is 3. The molecule has 3 rings (SSSR count). The van der Waals surface area contributed by atoms with Gasteiger partial charge in [0.25, 0.3) is 11.8 Å². The maximum atomic E-state index is 13.0. The third-order valence-electron chi connectivity index (χ3n) is 5.58. The first-order chi connectivity index (χ1) is 14.0. The van der Waals surface area contributed by atoms with Crippen molar-refractivity contribution >= 4 is 23.2 Å². The molecule has 5 heteroatoms. The van der Waals surface area contributed by atoms with E-state index >= 15 is 0 Å². The van der Waals surface area contributed by atoms with Gasteiger partial charge in [0.05, 0.1) is 5.56 Å². The minimum absolute atomic E-state index is 0.0908. The van der Waals surface area contributed by atoms with Gasteiger partial charge in [-0.05, 0) is 69.4 Å². The van der Waals surface area contributed by atoms with E-state index in [1.54, 1.807) is 6.07 Å². The number of amides is 2. The number of nitrogens with one attached hydrogen (secondary N) is 2. The molecular weight excluding hydrogens is 362 g/mol. The third-order valence-corrected chi connectivity index (χ3v) is 5.58. The number of rotatable bonds is 6. The summed E-state index contributed by atoms with van der Waals surface area (Å²) >= 11 is 0. The lowest BCUT2D eigenvalue weighted by atomic mass is 10.0. The summed E-state index contributed by atoms with van der Waals surface area (Å²) in [6.07, 6.45) is 4.38. The smallest absolute Gasteiger partial charge is 0.255 e. The van der Waals surface area contributed by atoms with Crippen LogP contribution in [-0.2, 0) is 0 Å². The molecule has 0 radical (unpaired) electrons. The molecule has 2 N–H and O–H groups in total. The van der Waals surface area contributed by atoms with Crippen molar-refractivity contribution in [1.29, 1.82) is 0 Å². The maximum absolute atomic E-state index is 13.0. The lowest BCUT2D eigenvalue weighted by Crippen LogP contribution is -2.35. The normalized spacial score (nSPS) is 14.9. The van der Waals surface area contributed by atoms with Crippen LogP contribution in [0.2, 0.25) is 0 Å². The van der Waals surface area contributed by atoms with Crippen molar-refractivity contribution in [2.24, 2.45) is 0 Å². The van der Waals surface area contributed by atoms with Crippen LogP contribution in [0.3, 0.4) is 0 Å². The molecule has 2 aromatic carbocycles. The number of nitrogens with zero attached hydrogens (tertiary/aromatic N) is 1. The van der Waals surface area contributed by atoms with Gasteiger partial charge in [-0.25, -0.2) is 0 Å². The SMILES string of the molecule is CC[C@H](C)NC(=O)c1cc(NC(=O)c2ccccc2C)ccc1N1CCCCC1. The molecule has 1 aliphatic heterocycles. The Morgan fingerprint density at radius 3 is 2.41 bits per heavy atom. The van der Waals surface area contributed by atoms with Gasteiger partial charge < -0.3 is 15.5 Å². The Bertz CT molecular complexity index is 872. The summed E-state index contributed by atoms with van der Waals surface area (Å²) in [5.41, 5.74) is 3.75. The van der Waals surface area contributed by atoms with E-state index in [1.807, 2.05) is 50.2 Å². The highest BCUT2D eigenvalue weighted by Crippen LogP contribution is 2.28. The number of carbonyl (C=O) groups excluding carboxylic acids is 2. The first-order valence-corrected chi connectivity index (χ1v) is 10.6. The second kappa shape index (κ2) is 9.59. The lowest BCUT2D eigenvalue weighted by molar-refractivity contribution is 0.0938. The highest BCUT2D eigenvalue weighted by molar-refractivity contribution is 6.07. The number of anilines is 2. The van der Waals surface area contributed by atoms with Crippen LogP contribution in [0.5, 0.6) is 0 Å². The van der Waals surface area contributed by atoms with Crippen molar-refractivity contribution in [2.75, 3.05) is 23.3 Å². The zero-order valence-electron chi connectivity index (χ0n) is 17.6. The number of aryl methyl sites for hydroxylation is 1. The molecule has 0 aliphatic carbocycles. The summed E-state index contributed by atoms with van der Waals surface area (Å²) < 4.78 is 0. The molecule has 0 aromatic heterocycles. The Hall–Kier alpha value is -2.82. The fraction of sp³-hybridized carbons (Fsp3) is 0.417. The van der Waals surface area contributed by atoms with Crippen LogP contribution in [0.15, 0.2) is 42.5 Å². The van der Waals surface area contributed by atoms with Gasteiger partial charge in [0, 0.05) is 36.1 Å². The van der Waals surface area contributed by atoms with Gasteiger partial charge in [-0.3, -0.25) is 9.59 Å². The van der Waals surface area contributed by atoms with Gasteiger partial charge in [-0.1, -0.05) is 25.1 Å². The van der Waals surface area contributed by atoms with E-state index in [4.69, 9.17) is 0 Å². The van der Waals surface area contributed by atoms with Gasteiger partial charge in [-0.15, -0.1) is 0 Å².